The van der Waals surface area contributed by atoms with E-state index in [0.717, 1.165) is 54.5 Å². The molecular weight excluding hydrogens is 957 g/mol. The Morgan fingerprint density at radius 3 is 1.51 bits per heavy atom. The SMILES string of the molecule is CN[C@@H](C)C(=O)N[C@H](C(=O)N1C[C@@H](NCc2ccc(C(=O)N[C@H]3C[C@@H](C(=O)N[C@@H]4CCCc5ccccc54)N(C(=O)[C@@H](NC(=O)[C@H](C)NC)C(C)(C)C)C3)s2)C[C@H]1C(=O)N[C@@H]1CCCc2ccccc21)C(C)(C)C. The number of benzene rings is 2. The van der Waals surface area contributed by atoms with Crippen LogP contribution in [0.25, 0.3) is 0 Å². The van der Waals surface area contributed by atoms with E-state index in [1.54, 1.807) is 38.9 Å². The van der Waals surface area contributed by atoms with Gasteiger partial charge in [0.05, 0.1) is 29.0 Å². The number of aryl methyl sites for hydroxylation is 2. The van der Waals surface area contributed by atoms with Gasteiger partial charge in [-0.05, 0) is 125 Å². The van der Waals surface area contributed by atoms with Crippen LogP contribution in [0.1, 0.15) is 143 Å². The maximum atomic E-state index is 14.7. The molecule has 0 radical (unpaired) electrons. The Hall–Kier alpha value is -5.69. The Balaban J connectivity index is 1.05. The Kier molecular flexibility index (Phi) is 18.1. The molecule has 0 bridgehead atoms. The molecule has 2 saturated heterocycles. The van der Waals surface area contributed by atoms with Gasteiger partial charge < -0.3 is 52.3 Å². The molecule has 18 heteroatoms. The molecule has 8 N–H and O–H groups in total. The second-order valence-electron chi connectivity index (χ2n) is 22.9. The van der Waals surface area contributed by atoms with Gasteiger partial charge in [-0.15, -0.1) is 11.3 Å². The van der Waals surface area contributed by atoms with E-state index in [2.05, 4.69) is 60.7 Å². The number of likely N-dealkylation sites (N-methyl/N-ethyl adjacent to an activating group) is 2. The number of rotatable bonds is 17. The van der Waals surface area contributed by atoms with Crippen molar-refractivity contribution in [2.45, 2.75) is 174 Å². The van der Waals surface area contributed by atoms with Crippen LogP contribution in [0.2, 0.25) is 0 Å². The van der Waals surface area contributed by atoms with E-state index in [-0.39, 0.29) is 73.1 Å². The molecule has 74 heavy (non-hydrogen) atoms. The lowest BCUT2D eigenvalue weighted by Crippen LogP contribution is -2.59. The van der Waals surface area contributed by atoms with Gasteiger partial charge in [-0.1, -0.05) is 90.1 Å². The quantitative estimate of drug-likeness (QED) is 0.0965. The maximum absolute atomic E-state index is 14.7. The summed E-state index contributed by atoms with van der Waals surface area (Å²) in [4.78, 5) is 103. The summed E-state index contributed by atoms with van der Waals surface area (Å²) in [6, 6.07) is 14.0. The van der Waals surface area contributed by atoms with E-state index in [4.69, 9.17) is 0 Å². The molecule has 2 aromatic carbocycles. The summed E-state index contributed by atoms with van der Waals surface area (Å²) in [5, 5.41) is 25.0. The van der Waals surface area contributed by atoms with E-state index in [0.29, 0.717) is 17.8 Å². The van der Waals surface area contributed by atoms with Crippen molar-refractivity contribution in [2.75, 3.05) is 27.2 Å². The van der Waals surface area contributed by atoms with Crippen LogP contribution in [0.4, 0.5) is 0 Å². The molecule has 7 rings (SSSR count). The van der Waals surface area contributed by atoms with Gasteiger partial charge in [-0.3, -0.25) is 33.6 Å². The normalized spacial score (nSPS) is 23.3. The van der Waals surface area contributed by atoms with Gasteiger partial charge >= 0.3 is 0 Å². The van der Waals surface area contributed by atoms with Crippen molar-refractivity contribution in [1.29, 1.82) is 0 Å². The Bertz CT molecular complexity index is 2540. The standard InChI is InChI=1S/C56H80N10O7S/c1-32(57-9)48(67)63-46(55(3,4)5)53(72)65-30-36(27-43(65)50(69)61-41-23-15-19-34-17-11-13-21-39(34)41)59-29-38-25-26-45(74-38)52(71)60-37-28-44(51(70)62-42-24-16-20-35-18-12-14-22-40(35)42)66(31-37)54(73)47(56(6,7)8)64-49(68)33(2)58-10/h11-14,17-18,21-22,25-26,32-33,36-37,41-44,46-47,57-59H,15-16,19-20,23-24,27-31H2,1-10H3,(H,60,71)(H,61,69)(H,62,70)(H,63,67)(H,64,68)/t32-,33-,36-,37-,41+,42+,43-,44-,46+,47+/m0/s1. The van der Waals surface area contributed by atoms with Crippen molar-refractivity contribution in [3.63, 3.8) is 0 Å². The van der Waals surface area contributed by atoms with Crippen LogP contribution in [-0.2, 0) is 48.2 Å². The molecule has 1 aromatic heterocycles. The number of likely N-dealkylation sites (tertiary alicyclic amines) is 2. The number of fused-ring (bicyclic) bond motifs is 2. The van der Waals surface area contributed by atoms with E-state index >= 15 is 0 Å². The van der Waals surface area contributed by atoms with E-state index in [1.165, 1.54) is 27.4 Å². The van der Waals surface area contributed by atoms with Crippen LogP contribution in [0.5, 0.6) is 0 Å². The zero-order valence-corrected chi connectivity index (χ0v) is 45.8. The predicted octanol–water partition coefficient (Wildman–Crippen LogP) is 4.17. The molecule has 2 aliphatic heterocycles. The highest BCUT2D eigenvalue weighted by molar-refractivity contribution is 7.14. The van der Waals surface area contributed by atoms with Gasteiger partial charge in [0.1, 0.15) is 24.2 Å². The Morgan fingerprint density at radius 2 is 1.05 bits per heavy atom. The topological polar surface area (TPSA) is 222 Å². The molecule has 17 nitrogen and oxygen atoms in total. The number of hydrogen-bond donors (Lipinski definition) is 8. The third-order valence-corrected chi connectivity index (χ3v) is 16.5. The molecule has 0 spiro atoms. The summed E-state index contributed by atoms with van der Waals surface area (Å²) < 4.78 is 0. The number of amides is 7. The van der Waals surface area contributed by atoms with Gasteiger partial charge in [0.15, 0.2) is 0 Å². The van der Waals surface area contributed by atoms with Crippen LogP contribution >= 0.6 is 11.3 Å². The minimum absolute atomic E-state index is 0.0703. The summed E-state index contributed by atoms with van der Waals surface area (Å²) in [7, 11) is 3.36. The van der Waals surface area contributed by atoms with Crippen molar-refractivity contribution in [3.8, 4) is 0 Å². The largest absolute Gasteiger partial charge is 0.347 e. The van der Waals surface area contributed by atoms with Crippen LogP contribution in [0.15, 0.2) is 60.7 Å². The monoisotopic (exact) mass is 1040 g/mol. The molecule has 2 fully saturated rings. The van der Waals surface area contributed by atoms with Crippen LogP contribution in [0.3, 0.4) is 0 Å². The molecule has 7 amide bonds. The van der Waals surface area contributed by atoms with Crippen molar-refractivity contribution in [2.24, 2.45) is 10.8 Å². The zero-order valence-electron chi connectivity index (χ0n) is 45.0. The summed E-state index contributed by atoms with van der Waals surface area (Å²) >= 11 is 1.31. The summed E-state index contributed by atoms with van der Waals surface area (Å²) in [5.41, 5.74) is 3.19. The second kappa shape index (κ2) is 23.9. The number of hydrogen-bond acceptors (Lipinski definition) is 11. The molecule has 0 saturated carbocycles. The first-order valence-electron chi connectivity index (χ1n) is 26.5. The minimum Gasteiger partial charge on any atom is -0.347 e. The summed E-state index contributed by atoms with van der Waals surface area (Å²) in [5.74, 6) is -2.27. The smallest absolute Gasteiger partial charge is 0.261 e. The number of carbonyl (C=O) groups excluding carboxylic acids is 7. The molecular formula is C56H80N10O7S. The highest BCUT2D eigenvalue weighted by Crippen LogP contribution is 2.34. The lowest BCUT2D eigenvalue weighted by Gasteiger charge is -2.36. The van der Waals surface area contributed by atoms with Gasteiger partial charge in [-0.25, -0.2) is 0 Å². The lowest BCUT2D eigenvalue weighted by atomic mass is 9.85. The van der Waals surface area contributed by atoms with Crippen molar-refractivity contribution in [3.05, 3.63) is 92.7 Å². The van der Waals surface area contributed by atoms with E-state index < -0.39 is 59.0 Å². The Morgan fingerprint density at radius 1 is 0.608 bits per heavy atom. The molecule has 402 valence electrons. The van der Waals surface area contributed by atoms with Crippen LogP contribution in [0, 0.1) is 10.8 Å². The first-order valence-corrected chi connectivity index (χ1v) is 27.3. The number of thiophene rings is 1. The maximum Gasteiger partial charge on any atom is 0.261 e. The number of nitrogens with zero attached hydrogens (tertiary/aromatic N) is 2. The highest BCUT2D eigenvalue weighted by atomic mass is 32.1. The van der Waals surface area contributed by atoms with E-state index in [9.17, 15) is 33.6 Å². The van der Waals surface area contributed by atoms with Gasteiger partial charge in [0.25, 0.3) is 5.91 Å². The van der Waals surface area contributed by atoms with Crippen molar-refractivity contribution >= 4 is 52.7 Å². The third kappa shape index (κ3) is 13.2. The molecule has 10 atom stereocenters. The third-order valence-electron chi connectivity index (χ3n) is 15.4. The van der Waals surface area contributed by atoms with Crippen molar-refractivity contribution in [1.82, 2.24) is 52.3 Å². The van der Waals surface area contributed by atoms with E-state index in [1.807, 2.05) is 77.9 Å². The average Bonchev–Trinajstić information content (AvgIpc) is 4.15. The van der Waals surface area contributed by atoms with Gasteiger partial charge in [-0.2, -0.15) is 0 Å². The first kappa shape index (κ1) is 56.0. The van der Waals surface area contributed by atoms with Gasteiger partial charge in [0, 0.05) is 36.6 Å². The fraction of sp³-hybridized carbons (Fsp3) is 0.589. The minimum atomic E-state index is -0.949. The molecule has 3 aromatic rings. The Labute approximate surface area is 441 Å². The molecule has 4 aliphatic rings. The zero-order chi connectivity index (χ0) is 53.6. The van der Waals surface area contributed by atoms with Gasteiger partial charge in [0.2, 0.25) is 35.4 Å². The fourth-order valence-corrected chi connectivity index (χ4v) is 11.6. The number of carbonyl (C=O) groups is 7. The molecule has 0 unspecified atom stereocenters. The summed E-state index contributed by atoms with van der Waals surface area (Å²) in [6.07, 6.45) is 5.80. The van der Waals surface area contributed by atoms with Crippen LogP contribution < -0.4 is 42.5 Å². The number of nitrogens with one attached hydrogen (secondary N) is 8. The average molecular weight is 1040 g/mol. The molecule has 2 aliphatic carbocycles. The predicted molar refractivity (Wildman–Crippen MR) is 287 cm³/mol. The first-order chi connectivity index (χ1) is 35.1. The lowest BCUT2D eigenvalue weighted by molar-refractivity contribution is -0.144. The molecule has 3 heterocycles. The fourth-order valence-electron chi connectivity index (χ4n) is 10.8. The summed E-state index contributed by atoms with van der Waals surface area (Å²) in [6.45, 7) is 15.4. The van der Waals surface area contributed by atoms with Crippen LogP contribution in [-0.4, -0.2) is 127 Å². The highest BCUT2D eigenvalue weighted by Gasteiger charge is 2.48. The second-order valence-corrected chi connectivity index (χ2v) is 24.1. The van der Waals surface area contributed by atoms with Crippen molar-refractivity contribution < 1.29 is 33.6 Å².